The number of anilines is 1. The van der Waals surface area contributed by atoms with Gasteiger partial charge in [0.25, 0.3) is 5.56 Å². The van der Waals surface area contributed by atoms with Gasteiger partial charge in [0, 0.05) is 24.5 Å². The largest absolute Gasteiger partial charge is 0.387 e. The summed E-state index contributed by atoms with van der Waals surface area (Å²) in [6.45, 7) is 8.60. The van der Waals surface area contributed by atoms with Crippen LogP contribution in [-0.4, -0.2) is 33.7 Å². The standard InChI is InChI=1S/C24H28N4O3.C2H6/c1-17(28-18(2)26-15-13-23(28)30)24(31)27-21-10-8-19(9-11-21)12-14-25-16-22(29)20-6-4-3-5-7-20;1-2/h3-11,13,15,17,22,25,29H,12,14,16H2,1-2H3,(H,27,31);1-2H3/t17-,22?;/m0./s1. The predicted molar refractivity (Wildman–Crippen MR) is 132 cm³/mol. The van der Waals surface area contributed by atoms with E-state index in [0.29, 0.717) is 18.1 Å². The summed E-state index contributed by atoms with van der Waals surface area (Å²) in [5.41, 5.74) is 2.43. The molecule has 2 aromatic carbocycles. The van der Waals surface area contributed by atoms with E-state index < -0.39 is 12.1 Å². The Morgan fingerprint density at radius 2 is 1.73 bits per heavy atom. The third-order valence-corrected chi connectivity index (χ3v) is 5.17. The molecule has 7 heteroatoms. The van der Waals surface area contributed by atoms with Crippen LogP contribution in [-0.2, 0) is 11.2 Å². The lowest BCUT2D eigenvalue weighted by molar-refractivity contribution is -0.118. The summed E-state index contributed by atoms with van der Waals surface area (Å²) in [6, 6.07) is 17.9. The van der Waals surface area contributed by atoms with Crippen LogP contribution in [0.5, 0.6) is 0 Å². The number of nitrogens with zero attached hydrogens (tertiary/aromatic N) is 2. The molecule has 1 heterocycles. The van der Waals surface area contributed by atoms with Gasteiger partial charge in [0.15, 0.2) is 0 Å². The molecule has 0 aliphatic rings. The highest BCUT2D eigenvalue weighted by atomic mass is 16.3. The number of aliphatic hydroxyl groups is 1. The molecule has 0 bridgehead atoms. The van der Waals surface area contributed by atoms with E-state index in [4.69, 9.17) is 0 Å². The molecule has 7 nitrogen and oxygen atoms in total. The molecule has 1 aromatic heterocycles. The number of amides is 1. The van der Waals surface area contributed by atoms with Crippen molar-refractivity contribution in [3.8, 4) is 0 Å². The SMILES string of the molecule is CC.Cc1nccc(=O)n1[C@@H](C)C(=O)Nc1ccc(CCNCC(O)c2ccccc2)cc1. The van der Waals surface area contributed by atoms with Gasteiger partial charge in [-0.3, -0.25) is 14.2 Å². The maximum atomic E-state index is 12.6. The first-order valence-electron chi connectivity index (χ1n) is 11.3. The second kappa shape index (κ2) is 13.3. The number of hydrogen-bond donors (Lipinski definition) is 3. The zero-order valence-corrected chi connectivity index (χ0v) is 19.8. The zero-order valence-electron chi connectivity index (χ0n) is 19.8. The van der Waals surface area contributed by atoms with Gasteiger partial charge < -0.3 is 15.7 Å². The van der Waals surface area contributed by atoms with Crippen molar-refractivity contribution in [2.75, 3.05) is 18.4 Å². The Bertz CT molecular complexity index is 1050. The van der Waals surface area contributed by atoms with Crippen LogP contribution in [0.4, 0.5) is 5.69 Å². The highest BCUT2D eigenvalue weighted by Gasteiger charge is 2.18. The number of aromatic nitrogens is 2. The van der Waals surface area contributed by atoms with Gasteiger partial charge in [0.05, 0.1) is 6.10 Å². The summed E-state index contributed by atoms with van der Waals surface area (Å²) in [5, 5.41) is 16.3. The van der Waals surface area contributed by atoms with Crippen LogP contribution in [0.15, 0.2) is 71.7 Å². The molecule has 3 rings (SSSR count). The first-order valence-corrected chi connectivity index (χ1v) is 11.3. The monoisotopic (exact) mass is 450 g/mol. The molecule has 3 N–H and O–H groups in total. The van der Waals surface area contributed by atoms with Crippen molar-refractivity contribution in [2.45, 2.75) is 46.3 Å². The van der Waals surface area contributed by atoms with E-state index >= 15 is 0 Å². The molecule has 0 fully saturated rings. The lowest BCUT2D eigenvalue weighted by atomic mass is 10.1. The summed E-state index contributed by atoms with van der Waals surface area (Å²) in [6.07, 6.45) is 1.71. The van der Waals surface area contributed by atoms with Gasteiger partial charge in [-0.05, 0) is 50.1 Å². The topological polar surface area (TPSA) is 96.2 Å². The van der Waals surface area contributed by atoms with Crippen molar-refractivity contribution < 1.29 is 9.90 Å². The molecule has 1 amide bonds. The lowest BCUT2D eigenvalue weighted by Gasteiger charge is -2.17. The molecule has 176 valence electrons. The second-order valence-corrected chi connectivity index (χ2v) is 7.44. The van der Waals surface area contributed by atoms with Crippen LogP contribution in [0.25, 0.3) is 0 Å². The van der Waals surface area contributed by atoms with E-state index in [9.17, 15) is 14.7 Å². The van der Waals surface area contributed by atoms with Crippen molar-refractivity contribution in [3.05, 3.63) is 94.2 Å². The van der Waals surface area contributed by atoms with Crippen LogP contribution in [0.3, 0.4) is 0 Å². The van der Waals surface area contributed by atoms with Crippen LogP contribution in [0.2, 0.25) is 0 Å². The molecule has 0 aliphatic heterocycles. The average Bonchev–Trinajstić information content (AvgIpc) is 2.84. The number of aryl methyl sites for hydroxylation is 1. The van der Waals surface area contributed by atoms with Gasteiger partial charge in [-0.1, -0.05) is 56.3 Å². The highest BCUT2D eigenvalue weighted by Crippen LogP contribution is 2.14. The Morgan fingerprint density at radius 1 is 1.06 bits per heavy atom. The third kappa shape index (κ3) is 7.66. The molecule has 0 radical (unpaired) electrons. The molecule has 33 heavy (non-hydrogen) atoms. The lowest BCUT2D eigenvalue weighted by Crippen LogP contribution is -2.33. The highest BCUT2D eigenvalue weighted by molar-refractivity contribution is 5.93. The molecular formula is C26H34N4O3. The van der Waals surface area contributed by atoms with Gasteiger partial charge in [-0.2, -0.15) is 0 Å². The zero-order chi connectivity index (χ0) is 24.2. The Labute approximate surface area is 195 Å². The van der Waals surface area contributed by atoms with E-state index in [-0.39, 0.29) is 11.5 Å². The predicted octanol–water partition coefficient (Wildman–Crippen LogP) is 3.64. The number of carbonyl (C=O) groups is 1. The van der Waals surface area contributed by atoms with E-state index in [2.05, 4.69) is 15.6 Å². The van der Waals surface area contributed by atoms with Crippen molar-refractivity contribution in [3.63, 3.8) is 0 Å². The fourth-order valence-corrected chi connectivity index (χ4v) is 3.37. The Morgan fingerprint density at radius 3 is 2.36 bits per heavy atom. The molecule has 0 aliphatic carbocycles. The number of carbonyl (C=O) groups excluding carboxylic acids is 1. The van der Waals surface area contributed by atoms with Gasteiger partial charge >= 0.3 is 0 Å². The first kappa shape index (κ1) is 26.0. The van der Waals surface area contributed by atoms with Crippen molar-refractivity contribution in [1.29, 1.82) is 0 Å². The van der Waals surface area contributed by atoms with Gasteiger partial charge in [0.2, 0.25) is 5.91 Å². The second-order valence-electron chi connectivity index (χ2n) is 7.44. The fourth-order valence-electron chi connectivity index (χ4n) is 3.37. The van der Waals surface area contributed by atoms with Crippen molar-refractivity contribution >= 4 is 11.6 Å². The van der Waals surface area contributed by atoms with Crippen molar-refractivity contribution in [1.82, 2.24) is 14.9 Å². The number of aliphatic hydroxyl groups excluding tert-OH is 1. The summed E-state index contributed by atoms with van der Waals surface area (Å²) in [4.78, 5) is 28.7. The third-order valence-electron chi connectivity index (χ3n) is 5.17. The van der Waals surface area contributed by atoms with E-state index in [1.807, 2.05) is 68.4 Å². The molecule has 1 unspecified atom stereocenters. The minimum absolute atomic E-state index is 0.254. The minimum atomic E-state index is -0.666. The molecule has 0 saturated carbocycles. The Hall–Kier alpha value is -3.29. The van der Waals surface area contributed by atoms with E-state index in [0.717, 1.165) is 24.1 Å². The first-order chi connectivity index (χ1) is 16.0. The van der Waals surface area contributed by atoms with Crippen LogP contribution in [0.1, 0.15) is 49.9 Å². The quantitative estimate of drug-likeness (QED) is 0.433. The summed E-state index contributed by atoms with van der Waals surface area (Å²) in [5.74, 6) is 0.220. The van der Waals surface area contributed by atoms with E-state index in [1.165, 1.54) is 16.8 Å². The maximum Gasteiger partial charge on any atom is 0.254 e. The minimum Gasteiger partial charge on any atom is -0.387 e. The number of benzene rings is 2. The molecule has 3 aromatic rings. The van der Waals surface area contributed by atoms with Gasteiger partial charge in [-0.25, -0.2) is 4.98 Å². The molecule has 0 spiro atoms. The summed E-state index contributed by atoms with van der Waals surface area (Å²) < 4.78 is 1.37. The summed E-state index contributed by atoms with van der Waals surface area (Å²) >= 11 is 0. The Balaban J connectivity index is 0.00000187. The van der Waals surface area contributed by atoms with Crippen LogP contribution in [0, 0.1) is 6.92 Å². The van der Waals surface area contributed by atoms with E-state index in [1.54, 1.807) is 13.8 Å². The maximum absolute atomic E-state index is 12.6. The molecular weight excluding hydrogens is 416 g/mol. The average molecular weight is 451 g/mol. The number of rotatable bonds is 9. The number of hydrogen-bond acceptors (Lipinski definition) is 5. The fraction of sp³-hybridized carbons (Fsp3) is 0.346. The molecule has 2 atom stereocenters. The van der Waals surface area contributed by atoms with Crippen molar-refractivity contribution in [2.24, 2.45) is 0 Å². The smallest absolute Gasteiger partial charge is 0.254 e. The Kier molecular flexibility index (Phi) is 10.5. The summed E-state index contributed by atoms with van der Waals surface area (Å²) in [7, 11) is 0. The normalized spacial score (nSPS) is 12.3. The molecule has 0 saturated heterocycles. The number of nitrogens with one attached hydrogen (secondary N) is 2. The van der Waals surface area contributed by atoms with Gasteiger partial charge in [0.1, 0.15) is 11.9 Å². The van der Waals surface area contributed by atoms with Crippen LogP contribution < -0.4 is 16.2 Å². The van der Waals surface area contributed by atoms with Gasteiger partial charge in [-0.15, -0.1) is 0 Å². The van der Waals surface area contributed by atoms with Crippen LogP contribution >= 0.6 is 0 Å².